The SMILES string of the molecule is CN(C)CCOCCNC(=O)OC(C)(C)C.CNC.Cl. The van der Waals surface area contributed by atoms with Crippen LogP contribution in [0, 0.1) is 0 Å². The molecule has 0 aromatic carbocycles. The number of rotatable bonds is 6. The Kier molecular flexibility index (Phi) is 18.1. The third-order valence-electron chi connectivity index (χ3n) is 1.60. The topological polar surface area (TPSA) is 62.8 Å². The van der Waals surface area contributed by atoms with Gasteiger partial charge in [-0.2, -0.15) is 0 Å². The van der Waals surface area contributed by atoms with Gasteiger partial charge in [-0.05, 0) is 49.0 Å². The molecular formula is C13H32ClN3O3. The van der Waals surface area contributed by atoms with E-state index in [4.69, 9.17) is 9.47 Å². The predicted molar refractivity (Wildman–Crippen MR) is 85.8 cm³/mol. The molecule has 0 fully saturated rings. The molecule has 1 amide bonds. The van der Waals surface area contributed by atoms with E-state index in [9.17, 15) is 4.79 Å². The summed E-state index contributed by atoms with van der Waals surface area (Å²) < 4.78 is 10.4. The molecule has 0 saturated heterocycles. The summed E-state index contributed by atoms with van der Waals surface area (Å²) in [5.74, 6) is 0. The van der Waals surface area contributed by atoms with E-state index in [1.807, 2.05) is 53.9 Å². The van der Waals surface area contributed by atoms with E-state index < -0.39 is 11.7 Å². The lowest BCUT2D eigenvalue weighted by atomic mass is 10.2. The second-order valence-electron chi connectivity index (χ2n) is 5.34. The second kappa shape index (κ2) is 14.8. The quantitative estimate of drug-likeness (QED) is 0.725. The summed E-state index contributed by atoms with van der Waals surface area (Å²) in [5, 5.41) is 5.38. The van der Waals surface area contributed by atoms with Gasteiger partial charge in [-0.1, -0.05) is 0 Å². The number of carbonyl (C=O) groups excluding carboxylic acids is 1. The average Bonchev–Trinajstić information content (AvgIpc) is 2.21. The monoisotopic (exact) mass is 313 g/mol. The van der Waals surface area contributed by atoms with E-state index in [-0.39, 0.29) is 12.4 Å². The number of hydrogen-bond acceptors (Lipinski definition) is 5. The van der Waals surface area contributed by atoms with Gasteiger partial charge < -0.3 is 25.0 Å². The summed E-state index contributed by atoms with van der Waals surface area (Å²) in [6.07, 6.45) is -0.399. The van der Waals surface area contributed by atoms with Crippen molar-refractivity contribution in [2.45, 2.75) is 26.4 Å². The first-order valence-electron chi connectivity index (χ1n) is 6.50. The van der Waals surface area contributed by atoms with Crippen molar-refractivity contribution in [1.82, 2.24) is 15.5 Å². The minimum atomic E-state index is -0.449. The van der Waals surface area contributed by atoms with Crippen molar-refractivity contribution in [1.29, 1.82) is 0 Å². The van der Waals surface area contributed by atoms with Crippen molar-refractivity contribution >= 4 is 18.5 Å². The lowest BCUT2D eigenvalue weighted by Crippen LogP contribution is -2.34. The van der Waals surface area contributed by atoms with Crippen LogP contribution in [0.15, 0.2) is 0 Å². The normalized spacial score (nSPS) is 10.2. The minimum Gasteiger partial charge on any atom is -0.444 e. The Balaban J connectivity index is -0.000000657. The molecular weight excluding hydrogens is 282 g/mol. The van der Waals surface area contributed by atoms with Crippen LogP contribution in [0.5, 0.6) is 0 Å². The first-order chi connectivity index (χ1) is 8.72. The van der Waals surface area contributed by atoms with Crippen molar-refractivity contribution in [3.05, 3.63) is 0 Å². The molecule has 20 heavy (non-hydrogen) atoms. The Labute approximate surface area is 130 Å². The van der Waals surface area contributed by atoms with Crippen LogP contribution in [-0.4, -0.2) is 71.1 Å². The number of alkyl carbamates (subject to hydrolysis) is 1. The van der Waals surface area contributed by atoms with E-state index in [0.717, 1.165) is 6.54 Å². The highest BCUT2D eigenvalue weighted by Gasteiger charge is 2.15. The van der Waals surface area contributed by atoms with Gasteiger partial charge in [0.1, 0.15) is 5.60 Å². The maximum atomic E-state index is 11.2. The first kappa shape index (κ1) is 24.5. The Hall–Kier alpha value is -0.560. The average molecular weight is 314 g/mol. The number of nitrogens with one attached hydrogen (secondary N) is 2. The van der Waals surface area contributed by atoms with Gasteiger partial charge in [0.15, 0.2) is 0 Å². The predicted octanol–water partition coefficient (Wildman–Crippen LogP) is 1.35. The zero-order chi connectivity index (χ0) is 15.3. The molecule has 0 rings (SSSR count). The Morgan fingerprint density at radius 1 is 1.15 bits per heavy atom. The van der Waals surface area contributed by atoms with Gasteiger partial charge in [0.25, 0.3) is 0 Å². The van der Waals surface area contributed by atoms with Crippen LogP contribution in [0.1, 0.15) is 20.8 Å². The summed E-state index contributed by atoms with van der Waals surface area (Å²) >= 11 is 0. The summed E-state index contributed by atoms with van der Waals surface area (Å²) in [7, 11) is 7.73. The molecule has 0 aliphatic carbocycles. The molecule has 0 aromatic heterocycles. The van der Waals surface area contributed by atoms with Crippen LogP contribution in [0.25, 0.3) is 0 Å². The van der Waals surface area contributed by atoms with Crippen molar-refractivity contribution in [3.63, 3.8) is 0 Å². The molecule has 0 aliphatic rings. The largest absolute Gasteiger partial charge is 0.444 e. The molecule has 124 valence electrons. The fraction of sp³-hybridized carbons (Fsp3) is 0.923. The fourth-order valence-electron chi connectivity index (χ4n) is 0.889. The molecule has 7 heteroatoms. The maximum absolute atomic E-state index is 11.2. The van der Waals surface area contributed by atoms with Crippen molar-refractivity contribution in [2.75, 3.05) is 54.5 Å². The summed E-state index contributed by atoms with van der Waals surface area (Å²) in [4.78, 5) is 13.2. The lowest BCUT2D eigenvalue weighted by molar-refractivity contribution is 0.0495. The lowest BCUT2D eigenvalue weighted by Gasteiger charge is -2.19. The van der Waals surface area contributed by atoms with E-state index >= 15 is 0 Å². The minimum absolute atomic E-state index is 0. The molecule has 0 spiro atoms. The molecule has 0 heterocycles. The molecule has 6 nitrogen and oxygen atoms in total. The van der Waals surface area contributed by atoms with Crippen molar-refractivity contribution in [3.8, 4) is 0 Å². The number of hydrogen-bond donors (Lipinski definition) is 2. The summed E-state index contributed by atoms with van der Waals surface area (Å²) in [6, 6.07) is 0. The highest BCUT2D eigenvalue weighted by Crippen LogP contribution is 2.05. The van der Waals surface area contributed by atoms with Crippen molar-refractivity contribution in [2.24, 2.45) is 0 Å². The van der Waals surface area contributed by atoms with E-state index in [1.54, 1.807) is 0 Å². The summed E-state index contributed by atoms with van der Waals surface area (Å²) in [6.45, 7) is 8.03. The zero-order valence-electron chi connectivity index (χ0n) is 13.9. The van der Waals surface area contributed by atoms with E-state index in [1.165, 1.54) is 0 Å². The Bertz CT molecular complexity index is 221. The summed E-state index contributed by atoms with van der Waals surface area (Å²) in [5.41, 5.74) is -0.449. The Morgan fingerprint density at radius 3 is 2.05 bits per heavy atom. The number of halogens is 1. The highest BCUT2D eigenvalue weighted by molar-refractivity contribution is 5.85. The molecule has 0 bridgehead atoms. The molecule has 0 aromatic rings. The van der Waals surface area contributed by atoms with Gasteiger partial charge in [-0.25, -0.2) is 4.79 Å². The molecule has 0 saturated carbocycles. The molecule has 0 atom stereocenters. The van der Waals surface area contributed by atoms with Gasteiger partial charge in [-0.3, -0.25) is 0 Å². The van der Waals surface area contributed by atoms with Crippen LogP contribution < -0.4 is 10.6 Å². The van der Waals surface area contributed by atoms with E-state index in [2.05, 4.69) is 10.6 Å². The van der Waals surface area contributed by atoms with Gasteiger partial charge in [0, 0.05) is 13.1 Å². The third kappa shape index (κ3) is 26.1. The van der Waals surface area contributed by atoms with E-state index in [0.29, 0.717) is 19.8 Å². The number of nitrogens with zero attached hydrogens (tertiary/aromatic N) is 1. The maximum Gasteiger partial charge on any atom is 0.407 e. The fourth-order valence-corrected chi connectivity index (χ4v) is 0.889. The smallest absolute Gasteiger partial charge is 0.407 e. The number of likely N-dealkylation sites (N-methyl/N-ethyl adjacent to an activating group) is 1. The Morgan fingerprint density at radius 2 is 1.65 bits per heavy atom. The number of ether oxygens (including phenoxy) is 2. The van der Waals surface area contributed by atoms with Gasteiger partial charge in [0.2, 0.25) is 0 Å². The van der Waals surface area contributed by atoms with Crippen molar-refractivity contribution < 1.29 is 14.3 Å². The molecule has 0 unspecified atom stereocenters. The second-order valence-corrected chi connectivity index (χ2v) is 5.34. The standard InChI is InChI=1S/C11H24N2O3.C2H7N.ClH/c1-11(2,3)16-10(14)12-6-8-15-9-7-13(4)5;1-3-2;/h6-9H2,1-5H3,(H,12,14);3H,1-2H3;1H. The van der Waals surface area contributed by atoms with Crippen LogP contribution >= 0.6 is 12.4 Å². The third-order valence-corrected chi connectivity index (χ3v) is 1.60. The first-order valence-corrected chi connectivity index (χ1v) is 6.50. The zero-order valence-corrected chi connectivity index (χ0v) is 14.7. The van der Waals surface area contributed by atoms with Gasteiger partial charge in [0.05, 0.1) is 13.2 Å². The number of amides is 1. The van der Waals surface area contributed by atoms with Crippen LogP contribution in [0.3, 0.4) is 0 Å². The van der Waals surface area contributed by atoms with Crippen LogP contribution in [-0.2, 0) is 9.47 Å². The highest BCUT2D eigenvalue weighted by atomic mass is 35.5. The molecule has 2 N–H and O–H groups in total. The van der Waals surface area contributed by atoms with Crippen LogP contribution in [0.4, 0.5) is 4.79 Å². The number of carbonyl (C=O) groups is 1. The van der Waals surface area contributed by atoms with Crippen LogP contribution in [0.2, 0.25) is 0 Å². The van der Waals surface area contributed by atoms with Gasteiger partial charge in [-0.15, -0.1) is 12.4 Å². The molecule has 0 aliphatic heterocycles. The van der Waals surface area contributed by atoms with Gasteiger partial charge >= 0.3 is 6.09 Å². The molecule has 0 radical (unpaired) electrons.